The summed E-state index contributed by atoms with van der Waals surface area (Å²) < 4.78 is 22.2. The summed E-state index contributed by atoms with van der Waals surface area (Å²) in [5.74, 6) is 0.975. The monoisotopic (exact) mass is 396 g/mol. The van der Waals surface area contributed by atoms with Crippen LogP contribution >= 0.6 is 15.9 Å². The van der Waals surface area contributed by atoms with Crippen LogP contribution < -0.4 is 18.9 Å². The molecule has 6 nitrogen and oxygen atoms in total. The molecule has 0 heterocycles. The number of rotatable bonds is 8. The van der Waals surface area contributed by atoms with Gasteiger partial charge >= 0.3 is 5.97 Å². The number of halogens is 1. The number of carboxylic acids is 1. The van der Waals surface area contributed by atoms with Crippen LogP contribution in [0.5, 0.6) is 23.0 Å². The van der Waals surface area contributed by atoms with Gasteiger partial charge in [0.25, 0.3) is 0 Å². The molecule has 1 N–H and O–H groups in total. The predicted octanol–water partition coefficient (Wildman–Crippen LogP) is 3.62. The maximum Gasteiger partial charge on any atom is 0.335 e. The lowest BCUT2D eigenvalue weighted by Gasteiger charge is -2.14. The van der Waals surface area contributed by atoms with E-state index in [2.05, 4.69) is 15.9 Å². The van der Waals surface area contributed by atoms with Crippen LogP contribution in [0.2, 0.25) is 0 Å². The van der Waals surface area contributed by atoms with Crippen LogP contribution in [0.1, 0.15) is 10.4 Å². The van der Waals surface area contributed by atoms with E-state index in [1.165, 1.54) is 19.2 Å². The Morgan fingerprint density at radius 2 is 1.62 bits per heavy atom. The van der Waals surface area contributed by atoms with Crippen molar-refractivity contribution in [1.82, 2.24) is 0 Å². The van der Waals surface area contributed by atoms with Gasteiger partial charge < -0.3 is 24.1 Å². The third kappa shape index (κ3) is 4.32. The lowest BCUT2D eigenvalue weighted by molar-refractivity contribution is 0.0696. The number of carboxylic acid groups (broad SMARTS) is 1. The number of ether oxygens (including phenoxy) is 4. The molecule has 128 valence electrons. The lowest BCUT2D eigenvalue weighted by Crippen LogP contribution is -2.11. The Kier molecular flexibility index (Phi) is 6.31. The highest BCUT2D eigenvalue weighted by Crippen LogP contribution is 2.36. The lowest BCUT2D eigenvalue weighted by atomic mass is 10.2. The van der Waals surface area contributed by atoms with Crippen molar-refractivity contribution in [2.45, 2.75) is 0 Å². The summed E-state index contributed by atoms with van der Waals surface area (Å²) in [5.41, 5.74) is 0.108. The first-order valence-corrected chi connectivity index (χ1v) is 7.85. The van der Waals surface area contributed by atoms with Crippen LogP contribution in [0.25, 0.3) is 0 Å². The van der Waals surface area contributed by atoms with E-state index in [1.807, 2.05) is 12.1 Å². The normalized spacial score (nSPS) is 10.1. The molecular formula is C17H17BrO6. The molecule has 0 saturated heterocycles. The van der Waals surface area contributed by atoms with Crippen molar-refractivity contribution >= 4 is 21.9 Å². The second-order valence-electron chi connectivity index (χ2n) is 4.64. The standard InChI is InChI=1S/C17H17BrO6/c1-21-13-5-3-4-6-14(13)23-7-8-24-16-12(18)9-11(17(19)20)10-15(16)22-2/h3-6,9-10H,7-8H2,1-2H3,(H,19,20). The Morgan fingerprint density at radius 1 is 1.00 bits per heavy atom. The van der Waals surface area contributed by atoms with Crippen molar-refractivity contribution in [3.8, 4) is 23.0 Å². The average Bonchev–Trinajstić information content (AvgIpc) is 2.59. The van der Waals surface area contributed by atoms with E-state index in [1.54, 1.807) is 19.2 Å². The number of aromatic carboxylic acids is 1. The van der Waals surface area contributed by atoms with Crippen LogP contribution in [-0.4, -0.2) is 38.5 Å². The summed E-state index contributed by atoms with van der Waals surface area (Å²) in [6.45, 7) is 0.538. The SMILES string of the molecule is COc1ccccc1OCCOc1c(Br)cc(C(=O)O)cc1OC. The van der Waals surface area contributed by atoms with Crippen molar-refractivity contribution in [3.05, 3.63) is 46.4 Å². The van der Waals surface area contributed by atoms with Crippen LogP contribution in [0, 0.1) is 0 Å². The van der Waals surface area contributed by atoms with Crippen molar-refractivity contribution in [2.24, 2.45) is 0 Å². The second kappa shape index (κ2) is 8.44. The van der Waals surface area contributed by atoms with E-state index in [4.69, 9.17) is 24.1 Å². The minimum atomic E-state index is -1.04. The van der Waals surface area contributed by atoms with E-state index >= 15 is 0 Å². The Morgan fingerprint density at radius 3 is 2.25 bits per heavy atom. The summed E-state index contributed by atoms with van der Waals surface area (Å²) in [6.07, 6.45) is 0. The van der Waals surface area contributed by atoms with Gasteiger partial charge in [-0.3, -0.25) is 0 Å². The number of methoxy groups -OCH3 is 2. The maximum absolute atomic E-state index is 11.1. The van der Waals surface area contributed by atoms with Crippen LogP contribution in [-0.2, 0) is 0 Å². The van der Waals surface area contributed by atoms with Gasteiger partial charge in [-0.1, -0.05) is 12.1 Å². The van der Waals surface area contributed by atoms with E-state index in [9.17, 15) is 4.79 Å². The van der Waals surface area contributed by atoms with Gasteiger partial charge in [-0.2, -0.15) is 0 Å². The predicted molar refractivity (Wildman–Crippen MR) is 91.6 cm³/mol. The molecule has 2 aromatic carbocycles. The molecule has 0 aliphatic rings. The number of carbonyl (C=O) groups is 1. The fraction of sp³-hybridized carbons (Fsp3) is 0.235. The molecule has 0 aliphatic carbocycles. The van der Waals surface area contributed by atoms with Gasteiger partial charge in [-0.05, 0) is 40.2 Å². The molecule has 0 saturated carbocycles. The number of benzene rings is 2. The fourth-order valence-electron chi connectivity index (χ4n) is 2.02. The van der Waals surface area contributed by atoms with Gasteiger partial charge in [0, 0.05) is 0 Å². The van der Waals surface area contributed by atoms with Crippen molar-refractivity contribution in [2.75, 3.05) is 27.4 Å². The van der Waals surface area contributed by atoms with Crippen molar-refractivity contribution in [1.29, 1.82) is 0 Å². The summed E-state index contributed by atoms with van der Waals surface area (Å²) in [4.78, 5) is 11.1. The van der Waals surface area contributed by atoms with Gasteiger partial charge in [0.15, 0.2) is 23.0 Å². The van der Waals surface area contributed by atoms with E-state index in [-0.39, 0.29) is 18.8 Å². The molecule has 0 unspecified atom stereocenters. The first kappa shape index (κ1) is 17.9. The highest BCUT2D eigenvalue weighted by Gasteiger charge is 2.15. The Hall–Kier alpha value is -2.41. The zero-order valence-electron chi connectivity index (χ0n) is 13.2. The molecule has 0 bridgehead atoms. The zero-order chi connectivity index (χ0) is 17.5. The van der Waals surface area contributed by atoms with Gasteiger partial charge in [0.05, 0.1) is 24.3 Å². The molecule has 0 aromatic heterocycles. The van der Waals surface area contributed by atoms with Gasteiger partial charge in [0.2, 0.25) is 0 Å². The van der Waals surface area contributed by atoms with E-state index < -0.39 is 5.97 Å². The van der Waals surface area contributed by atoms with E-state index in [0.717, 1.165) is 0 Å². The molecule has 0 fully saturated rings. The minimum Gasteiger partial charge on any atom is -0.493 e. The molecule has 0 spiro atoms. The van der Waals surface area contributed by atoms with Gasteiger partial charge in [-0.25, -0.2) is 4.79 Å². The highest BCUT2D eigenvalue weighted by molar-refractivity contribution is 9.10. The van der Waals surface area contributed by atoms with Crippen LogP contribution in [0.4, 0.5) is 0 Å². The molecule has 2 rings (SSSR count). The Bertz CT molecular complexity index is 716. The Balaban J connectivity index is 2.00. The summed E-state index contributed by atoms with van der Waals surface area (Å²) in [5, 5.41) is 9.06. The van der Waals surface area contributed by atoms with Crippen LogP contribution in [0.15, 0.2) is 40.9 Å². The molecule has 2 aromatic rings. The Labute approximate surface area is 148 Å². The summed E-state index contributed by atoms with van der Waals surface area (Å²) in [6, 6.07) is 10.2. The quantitative estimate of drug-likeness (QED) is 0.686. The third-order valence-corrected chi connectivity index (χ3v) is 3.72. The largest absolute Gasteiger partial charge is 0.493 e. The maximum atomic E-state index is 11.1. The van der Waals surface area contributed by atoms with Gasteiger partial charge in [0.1, 0.15) is 13.2 Å². The fourth-order valence-corrected chi connectivity index (χ4v) is 2.57. The highest BCUT2D eigenvalue weighted by atomic mass is 79.9. The molecule has 7 heteroatoms. The number of para-hydroxylation sites is 2. The molecule has 0 atom stereocenters. The topological polar surface area (TPSA) is 74.2 Å². The zero-order valence-corrected chi connectivity index (χ0v) is 14.8. The minimum absolute atomic E-state index is 0.108. The average molecular weight is 397 g/mol. The number of hydrogen-bond donors (Lipinski definition) is 1. The van der Waals surface area contributed by atoms with Crippen LogP contribution in [0.3, 0.4) is 0 Å². The molecule has 0 radical (unpaired) electrons. The molecule has 0 aliphatic heterocycles. The summed E-state index contributed by atoms with van der Waals surface area (Å²) in [7, 11) is 3.02. The van der Waals surface area contributed by atoms with E-state index in [0.29, 0.717) is 27.5 Å². The van der Waals surface area contributed by atoms with Gasteiger partial charge in [-0.15, -0.1) is 0 Å². The smallest absolute Gasteiger partial charge is 0.335 e. The first-order chi connectivity index (χ1) is 11.6. The molecule has 0 amide bonds. The molecular weight excluding hydrogens is 380 g/mol. The van der Waals surface area contributed by atoms with Crippen molar-refractivity contribution < 1.29 is 28.8 Å². The third-order valence-electron chi connectivity index (χ3n) is 3.13. The molecule has 24 heavy (non-hydrogen) atoms. The summed E-state index contributed by atoms with van der Waals surface area (Å²) >= 11 is 3.30. The first-order valence-electron chi connectivity index (χ1n) is 7.06. The number of hydrogen-bond acceptors (Lipinski definition) is 5. The van der Waals surface area contributed by atoms with Crippen molar-refractivity contribution in [3.63, 3.8) is 0 Å². The second-order valence-corrected chi connectivity index (χ2v) is 5.50.